The minimum atomic E-state index is -0.291. The molecule has 0 saturated carbocycles. The fraction of sp³-hybridized carbons (Fsp3) is 0.360. The molecule has 2 aliphatic rings. The molecule has 11 heteroatoms. The summed E-state index contributed by atoms with van der Waals surface area (Å²) < 4.78 is 13.3. The minimum absolute atomic E-state index is 0.0511. The first-order valence-electron chi connectivity index (χ1n) is 11.8. The molecule has 6 rings (SSSR count). The number of amides is 1. The van der Waals surface area contributed by atoms with Crippen LogP contribution < -0.4 is 5.32 Å². The van der Waals surface area contributed by atoms with Crippen LogP contribution in [-0.2, 0) is 22.7 Å². The number of fused-ring (bicyclic) bond motifs is 1. The quantitative estimate of drug-likeness (QED) is 0.452. The fourth-order valence-electron chi connectivity index (χ4n) is 4.50. The molecule has 0 aromatic carbocycles. The number of carbonyl (C=O) groups excluding carboxylic acids is 1. The molecule has 4 aromatic heterocycles. The first-order chi connectivity index (χ1) is 17.3. The number of hydrogen-bond acceptors (Lipinski definition) is 9. The van der Waals surface area contributed by atoms with E-state index in [4.69, 9.17) is 14.2 Å². The number of carbonyl (C=O) groups is 1. The Morgan fingerprint density at radius 2 is 1.89 bits per heavy atom. The highest BCUT2D eigenvalue weighted by Gasteiger charge is 2.33. The molecule has 1 N–H and O–H groups in total. The molecule has 1 atom stereocenters. The standard InChI is InChI=1S/C25H26N8O3/c1-25(2)14-33-15(13-35-25)11-22(30-33)29-24-26-9-7-19(28-24)17-5-4-6-18(27-17)20-12-21(36-31-20)16-8-10-32(3)23(16)34/h4-7,9,11-12,16H,8,10,13-14H2,1-3H3,(H,26,28,29,30). The summed E-state index contributed by atoms with van der Waals surface area (Å²) in [6, 6.07) is 11.2. The molecule has 2 aliphatic heterocycles. The zero-order chi connectivity index (χ0) is 24.9. The molecule has 11 nitrogen and oxygen atoms in total. The normalized spacial score (nSPS) is 18.9. The Balaban J connectivity index is 1.22. The van der Waals surface area contributed by atoms with E-state index in [1.165, 1.54) is 0 Å². The Morgan fingerprint density at radius 3 is 2.69 bits per heavy atom. The molecule has 184 valence electrons. The van der Waals surface area contributed by atoms with Crippen LogP contribution in [0.1, 0.15) is 37.6 Å². The first kappa shape index (κ1) is 22.4. The number of nitrogens with zero attached hydrogens (tertiary/aromatic N) is 7. The van der Waals surface area contributed by atoms with Crippen LogP contribution in [-0.4, -0.2) is 59.9 Å². The van der Waals surface area contributed by atoms with Crippen molar-refractivity contribution in [3.8, 4) is 22.8 Å². The van der Waals surface area contributed by atoms with Gasteiger partial charge in [-0.3, -0.25) is 9.48 Å². The van der Waals surface area contributed by atoms with Crippen molar-refractivity contribution in [2.24, 2.45) is 0 Å². The Kier molecular flexibility index (Phi) is 5.29. The summed E-state index contributed by atoms with van der Waals surface area (Å²) in [4.78, 5) is 27.7. The topological polar surface area (TPSA) is 124 Å². The summed E-state index contributed by atoms with van der Waals surface area (Å²) >= 11 is 0. The van der Waals surface area contributed by atoms with Crippen molar-refractivity contribution in [1.82, 2.24) is 34.8 Å². The number of aromatic nitrogens is 6. The number of ether oxygens (including phenoxy) is 1. The van der Waals surface area contributed by atoms with Gasteiger partial charge in [-0.15, -0.1) is 0 Å². The summed E-state index contributed by atoms with van der Waals surface area (Å²) in [5.74, 6) is 1.41. The minimum Gasteiger partial charge on any atom is -0.367 e. The second-order valence-corrected chi connectivity index (χ2v) is 9.74. The van der Waals surface area contributed by atoms with Crippen LogP contribution in [0.3, 0.4) is 0 Å². The fourth-order valence-corrected chi connectivity index (χ4v) is 4.50. The number of pyridine rings is 1. The Bertz CT molecular complexity index is 1440. The number of anilines is 2. The molecule has 1 saturated heterocycles. The third-order valence-electron chi connectivity index (χ3n) is 6.47. The van der Waals surface area contributed by atoms with E-state index in [1.54, 1.807) is 30.3 Å². The van der Waals surface area contributed by atoms with Gasteiger partial charge < -0.3 is 19.5 Å². The third-order valence-corrected chi connectivity index (χ3v) is 6.47. The molecule has 1 unspecified atom stereocenters. The summed E-state index contributed by atoms with van der Waals surface area (Å²) in [5.41, 5.74) is 3.28. The molecule has 36 heavy (non-hydrogen) atoms. The van der Waals surface area contributed by atoms with Crippen LogP contribution >= 0.6 is 0 Å². The van der Waals surface area contributed by atoms with Crippen LogP contribution in [0.15, 0.2) is 47.1 Å². The molecule has 0 radical (unpaired) electrons. The van der Waals surface area contributed by atoms with Gasteiger partial charge in [0.15, 0.2) is 5.82 Å². The van der Waals surface area contributed by atoms with Gasteiger partial charge in [0.25, 0.3) is 0 Å². The number of rotatable bonds is 5. The van der Waals surface area contributed by atoms with E-state index in [1.807, 2.05) is 42.8 Å². The van der Waals surface area contributed by atoms with Gasteiger partial charge in [-0.25, -0.2) is 15.0 Å². The molecule has 6 heterocycles. The SMILES string of the molecule is CN1CCC(c2cc(-c3cccc(-c4ccnc(Nc5cc6n(n5)CC(C)(C)OC6)n4)n3)no2)C1=O. The summed E-state index contributed by atoms with van der Waals surface area (Å²) in [5, 5.41) is 12.0. The van der Waals surface area contributed by atoms with Crippen molar-refractivity contribution in [2.75, 3.05) is 18.9 Å². The van der Waals surface area contributed by atoms with E-state index in [0.717, 1.165) is 12.1 Å². The maximum Gasteiger partial charge on any atom is 0.233 e. The van der Waals surface area contributed by atoms with E-state index >= 15 is 0 Å². The number of likely N-dealkylation sites (N-methyl/N-ethyl adjacent to an activating group) is 1. The van der Waals surface area contributed by atoms with Crippen molar-refractivity contribution in [3.05, 3.63) is 54.0 Å². The third kappa shape index (κ3) is 4.22. The van der Waals surface area contributed by atoms with E-state index in [0.29, 0.717) is 60.0 Å². The zero-order valence-corrected chi connectivity index (χ0v) is 20.3. The van der Waals surface area contributed by atoms with Crippen LogP contribution in [0.25, 0.3) is 22.8 Å². The smallest absolute Gasteiger partial charge is 0.233 e. The van der Waals surface area contributed by atoms with Gasteiger partial charge in [0.2, 0.25) is 11.9 Å². The molecule has 0 spiro atoms. The van der Waals surface area contributed by atoms with Crippen molar-refractivity contribution >= 4 is 17.7 Å². The molecule has 0 aliphatic carbocycles. The summed E-state index contributed by atoms with van der Waals surface area (Å²) in [6.07, 6.45) is 2.40. The van der Waals surface area contributed by atoms with E-state index in [-0.39, 0.29) is 17.4 Å². The lowest BCUT2D eigenvalue weighted by molar-refractivity contribution is -0.128. The maximum atomic E-state index is 12.3. The highest BCUT2D eigenvalue weighted by molar-refractivity contribution is 5.85. The van der Waals surface area contributed by atoms with Crippen LogP contribution in [0.2, 0.25) is 0 Å². The molecule has 4 aromatic rings. The molecule has 1 fully saturated rings. The van der Waals surface area contributed by atoms with Crippen molar-refractivity contribution < 1.29 is 14.1 Å². The summed E-state index contributed by atoms with van der Waals surface area (Å²) in [6.45, 7) is 5.99. The van der Waals surface area contributed by atoms with Gasteiger partial charge in [0, 0.05) is 31.9 Å². The maximum absolute atomic E-state index is 12.3. The van der Waals surface area contributed by atoms with Gasteiger partial charge in [-0.05, 0) is 38.5 Å². The predicted octanol–water partition coefficient (Wildman–Crippen LogP) is 3.39. The van der Waals surface area contributed by atoms with Crippen LogP contribution in [0.4, 0.5) is 11.8 Å². The first-order valence-corrected chi connectivity index (χ1v) is 11.8. The lowest BCUT2D eigenvalue weighted by atomic mass is 10.0. The monoisotopic (exact) mass is 486 g/mol. The Morgan fingerprint density at radius 1 is 1.08 bits per heavy atom. The van der Waals surface area contributed by atoms with Gasteiger partial charge in [-0.1, -0.05) is 11.2 Å². The highest BCUT2D eigenvalue weighted by atomic mass is 16.5. The van der Waals surface area contributed by atoms with Gasteiger partial charge in [0.05, 0.1) is 41.5 Å². The van der Waals surface area contributed by atoms with Crippen molar-refractivity contribution in [1.29, 1.82) is 0 Å². The Hall–Kier alpha value is -4.12. The van der Waals surface area contributed by atoms with Gasteiger partial charge >= 0.3 is 0 Å². The Labute approximate surface area is 207 Å². The number of likely N-dealkylation sites (tertiary alicyclic amines) is 1. The van der Waals surface area contributed by atoms with E-state index in [9.17, 15) is 4.79 Å². The van der Waals surface area contributed by atoms with E-state index < -0.39 is 0 Å². The largest absolute Gasteiger partial charge is 0.367 e. The highest BCUT2D eigenvalue weighted by Crippen LogP contribution is 2.31. The lowest BCUT2D eigenvalue weighted by Crippen LogP contribution is -2.36. The number of nitrogens with one attached hydrogen (secondary N) is 1. The molecular formula is C25H26N8O3. The van der Waals surface area contributed by atoms with Gasteiger partial charge in [-0.2, -0.15) is 5.10 Å². The lowest BCUT2D eigenvalue weighted by Gasteiger charge is -2.30. The number of hydrogen-bond donors (Lipinski definition) is 1. The van der Waals surface area contributed by atoms with Crippen molar-refractivity contribution in [2.45, 2.75) is 44.9 Å². The van der Waals surface area contributed by atoms with Crippen molar-refractivity contribution in [3.63, 3.8) is 0 Å². The second kappa shape index (κ2) is 8.52. The van der Waals surface area contributed by atoms with E-state index in [2.05, 4.69) is 25.5 Å². The van der Waals surface area contributed by atoms with Gasteiger partial charge in [0.1, 0.15) is 17.4 Å². The molecule has 0 bridgehead atoms. The average Bonchev–Trinajstić information content (AvgIpc) is 3.58. The van der Waals surface area contributed by atoms with Crippen LogP contribution in [0.5, 0.6) is 0 Å². The molecular weight excluding hydrogens is 460 g/mol. The molecule has 1 amide bonds. The second-order valence-electron chi connectivity index (χ2n) is 9.74. The van der Waals surface area contributed by atoms with Crippen LogP contribution in [0, 0.1) is 0 Å². The zero-order valence-electron chi connectivity index (χ0n) is 20.3. The predicted molar refractivity (Wildman–Crippen MR) is 130 cm³/mol. The summed E-state index contributed by atoms with van der Waals surface area (Å²) in [7, 11) is 1.80. The average molecular weight is 487 g/mol.